The zero-order valence-electron chi connectivity index (χ0n) is 8.49. The molecule has 2 heteroatoms. The van der Waals surface area contributed by atoms with Crippen LogP contribution in [0.3, 0.4) is 0 Å². The molecule has 76 valence electrons. The van der Waals surface area contributed by atoms with Crippen molar-refractivity contribution in [1.29, 1.82) is 0 Å². The Balaban J connectivity index is 1.98. The maximum Gasteiger partial charge on any atom is 0.0288 e. The van der Waals surface area contributed by atoms with E-state index in [4.69, 9.17) is 0 Å². The van der Waals surface area contributed by atoms with Crippen LogP contribution in [-0.4, -0.2) is 22.3 Å². The summed E-state index contributed by atoms with van der Waals surface area (Å²) in [6, 6.07) is 11.4. The number of nitrogens with zero attached hydrogens (tertiary/aromatic N) is 1. The second-order valence-corrected chi connectivity index (χ2v) is 5.39. The number of alkyl halides is 1. The predicted molar refractivity (Wildman–Crippen MR) is 63.6 cm³/mol. The third-order valence-corrected chi connectivity index (χ3v) is 3.54. The normalized spacial score (nSPS) is 28.1. The van der Waals surface area contributed by atoms with Crippen LogP contribution in [0.5, 0.6) is 0 Å². The molecule has 0 unspecified atom stereocenters. The Hall–Kier alpha value is -0.340. The molecule has 1 saturated heterocycles. The molecule has 1 heterocycles. The first-order valence-corrected chi connectivity index (χ1v) is 6.09. The van der Waals surface area contributed by atoms with Gasteiger partial charge >= 0.3 is 0 Å². The maximum atomic E-state index is 3.69. The Morgan fingerprint density at radius 2 is 2.07 bits per heavy atom. The van der Waals surface area contributed by atoms with E-state index in [1.807, 2.05) is 0 Å². The molecule has 1 aliphatic heterocycles. The van der Waals surface area contributed by atoms with Gasteiger partial charge in [-0.1, -0.05) is 46.3 Å². The lowest BCUT2D eigenvalue weighted by Crippen LogP contribution is -2.26. The topological polar surface area (TPSA) is 3.24 Å². The summed E-state index contributed by atoms with van der Waals surface area (Å²) in [7, 11) is 0. The average Bonchev–Trinajstić information content (AvgIpc) is 2.47. The van der Waals surface area contributed by atoms with E-state index in [1.165, 1.54) is 18.5 Å². The van der Waals surface area contributed by atoms with Gasteiger partial charge in [-0.15, -0.1) is 0 Å². The molecule has 0 saturated carbocycles. The molecule has 0 aromatic heterocycles. The minimum absolute atomic E-state index is 0.682. The third-order valence-electron chi connectivity index (χ3n) is 2.88. The number of halogens is 1. The van der Waals surface area contributed by atoms with E-state index in [2.05, 4.69) is 58.1 Å². The van der Waals surface area contributed by atoms with Crippen LogP contribution in [0.2, 0.25) is 0 Å². The van der Waals surface area contributed by atoms with E-state index in [9.17, 15) is 0 Å². The van der Waals surface area contributed by atoms with Crippen LogP contribution < -0.4 is 0 Å². The molecular weight excluding hydrogens is 238 g/mol. The number of likely N-dealkylation sites (tertiary alicyclic amines) is 1. The number of hydrogen-bond acceptors (Lipinski definition) is 1. The van der Waals surface area contributed by atoms with Crippen LogP contribution >= 0.6 is 15.9 Å². The fourth-order valence-electron chi connectivity index (χ4n) is 2.07. The van der Waals surface area contributed by atoms with Crippen LogP contribution in [0, 0.1) is 0 Å². The van der Waals surface area contributed by atoms with Gasteiger partial charge in [0.1, 0.15) is 0 Å². The quantitative estimate of drug-likeness (QED) is 0.733. The van der Waals surface area contributed by atoms with Gasteiger partial charge in [-0.2, -0.15) is 0 Å². The largest absolute Gasteiger partial charge is 0.295 e. The van der Waals surface area contributed by atoms with Crippen molar-refractivity contribution in [3.63, 3.8) is 0 Å². The van der Waals surface area contributed by atoms with Crippen molar-refractivity contribution in [1.82, 2.24) is 4.90 Å². The lowest BCUT2D eigenvalue weighted by atomic mass is 10.2. The molecule has 2 rings (SSSR count). The summed E-state index contributed by atoms with van der Waals surface area (Å²) in [5.74, 6) is 0. The fourth-order valence-corrected chi connectivity index (χ4v) is 2.98. The molecule has 1 aromatic rings. The maximum absolute atomic E-state index is 3.69. The summed E-state index contributed by atoms with van der Waals surface area (Å²) >= 11 is 3.69. The highest BCUT2D eigenvalue weighted by atomic mass is 79.9. The molecule has 1 nitrogen and oxygen atoms in total. The molecule has 1 fully saturated rings. The molecule has 0 amide bonds. The molecule has 2 atom stereocenters. The Labute approximate surface area is 94.2 Å². The third kappa shape index (κ3) is 2.37. The van der Waals surface area contributed by atoms with Crippen molar-refractivity contribution in [2.75, 3.05) is 6.54 Å². The number of rotatable bonds is 2. The van der Waals surface area contributed by atoms with E-state index in [1.54, 1.807) is 0 Å². The molecule has 0 spiro atoms. The Morgan fingerprint density at radius 3 is 2.64 bits per heavy atom. The van der Waals surface area contributed by atoms with Gasteiger partial charge in [0.15, 0.2) is 0 Å². The van der Waals surface area contributed by atoms with Crippen LogP contribution in [0.4, 0.5) is 0 Å². The second kappa shape index (κ2) is 4.45. The Kier molecular flexibility index (Phi) is 3.24. The molecule has 0 aliphatic carbocycles. The number of benzene rings is 1. The van der Waals surface area contributed by atoms with Gasteiger partial charge in [0, 0.05) is 24.0 Å². The first kappa shape index (κ1) is 10.2. The molecular formula is C12H16BrN. The summed E-state index contributed by atoms with van der Waals surface area (Å²) in [6.45, 7) is 4.57. The molecule has 0 N–H and O–H groups in total. The summed E-state index contributed by atoms with van der Waals surface area (Å²) < 4.78 is 0. The minimum Gasteiger partial charge on any atom is -0.295 e. The summed E-state index contributed by atoms with van der Waals surface area (Å²) in [4.78, 5) is 3.22. The fraction of sp³-hybridized carbons (Fsp3) is 0.500. The van der Waals surface area contributed by atoms with Gasteiger partial charge in [0.2, 0.25) is 0 Å². The molecule has 0 bridgehead atoms. The van der Waals surface area contributed by atoms with Gasteiger partial charge in [-0.05, 0) is 18.9 Å². The summed E-state index contributed by atoms with van der Waals surface area (Å²) in [5, 5.41) is 0. The summed E-state index contributed by atoms with van der Waals surface area (Å²) in [6.07, 6.45) is 1.27. The van der Waals surface area contributed by atoms with E-state index in [-0.39, 0.29) is 0 Å². The monoisotopic (exact) mass is 253 g/mol. The van der Waals surface area contributed by atoms with Crippen molar-refractivity contribution < 1.29 is 0 Å². The molecule has 0 radical (unpaired) electrons. The zero-order valence-corrected chi connectivity index (χ0v) is 10.1. The smallest absolute Gasteiger partial charge is 0.0288 e. The van der Waals surface area contributed by atoms with Crippen molar-refractivity contribution in [2.24, 2.45) is 0 Å². The van der Waals surface area contributed by atoms with E-state index in [0.29, 0.717) is 10.9 Å². The first-order valence-electron chi connectivity index (χ1n) is 5.18. The predicted octanol–water partition coefficient (Wildman–Crippen LogP) is 3.04. The highest BCUT2D eigenvalue weighted by molar-refractivity contribution is 9.09. The van der Waals surface area contributed by atoms with Gasteiger partial charge < -0.3 is 0 Å². The first-order chi connectivity index (χ1) is 6.75. The van der Waals surface area contributed by atoms with Crippen molar-refractivity contribution in [2.45, 2.75) is 30.8 Å². The Bertz CT molecular complexity index is 286. The van der Waals surface area contributed by atoms with Gasteiger partial charge in [0.05, 0.1) is 0 Å². The molecule has 14 heavy (non-hydrogen) atoms. The second-order valence-electron chi connectivity index (χ2n) is 4.10. The standard InChI is InChI=1S/C12H16BrN/c1-10-7-12(13)9-14(10)8-11-5-3-2-4-6-11/h2-6,10,12H,7-9H2,1H3/t10-,12-/m0/s1. The summed E-state index contributed by atoms with van der Waals surface area (Å²) in [5.41, 5.74) is 1.42. The van der Waals surface area contributed by atoms with Gasteiger partial charge in [-0.3, -0.25) is 4.90 Å². The number of hydrogen-bond donors (Lipinski definition) is 0. The van der Waals surface area contributed by atoms with Crippen LogP contribution in [-0.2, 0) is 6.54 Å². The highest BCUT2D eigenvalue weighted by Crippen LogP contribution is 2.24. The van der Waals surface area contributed by atoms with Crippen LogP contribution in [0.25, 0.3) is 0 Å². The lowest BCUT2D eigenvalue weighted by molar-refractivity contribution is 0.261. The minimum atomic E-state index is 0.682. The molecule has 1 aliphatic rings. The van der Waals surface area contributed by atoms with E-state index < -0.39 is 0 Å². The SMILES string of the molecule is C[C@H]1C[C@H](Br)CN1Cc1ccccc1. The Morgan fingerprint density at radius 1 is 1.36 bits per heavy atom. The van der Waals surface area contributed by atoms with Crippen molar-refractivity contribution in [3.8, 4) is 0 Å². The average molecular weight is 254 g/mol. The lowest BCUT2D eigenvalue weighted by Gasteiger charge is -2.20. The van der Waals surface area contributed by atoms with Crippen molar-refractivity contribution >= 4 is 15.9 Å². The van der Waals surface area contributed by atoms with Gasteiger partial charge in [-0.25, -0.2) is 0 Å². The highest BCUT2D eigenvalue weighted by Gasteiger charge is 2.26. The van der Waals surface area contributed by atoms with Crippen LogP contribution in [0.15, 0.2) is 30.3 Å². The molecule has 1 aromatic carbocycles. The van der Waals surface area contributed by atoms with Gasteiger partial charge in [0.25, 0.3) is 0 Å². The van der Waals surface area contributed by atoms with Crippen LogP contribution in [0.1, 0.15) is 18.9 Å². The van der Waals surface area contributed by atoms with E-state index in [0.717, 1.165) is 6.54 Å². The zero-order chi connectivity index (χ0) is 9.97. The van der Waals surface area contributed by atoms with Crippen molar-refractivity contribution in [3.05, 3.63) is 35.9 Å². The van der Waals surface area contributed by atoms with E-state index >= 15 is 0 Å².